The van der Waals surface area contributed by atoms with Gasteiger partial charge in [-0.15, -0.1) is 0 Å². The molecule has 0 saturated carbocycles. The van der Waals surface area contributed by atoms with E-state index < -0.39 is 11.9 Å². The summed E-state index contributed by atoms with van der Waals surface area (Å²) >= 11 is 0. The highest BCUT2D eigenvalue weighted by Crippen LogP contribution is 2.19. The number of primary amides is 1. The summed E-state index contributed by atoms with van der Waals surface area (Å²) < 4.78 is 0. The number of carboxylic acid groups (broad SMARTS) is 1. The Morgan fingerprint density at radius 3 is 2.38 bits per heavy atom. The van der Waals surface area contributed by atoms with E-state index in [2.05, 4.69) is 0 Å². The molecular formula is C12H13NO3. The highest BCUT2D eigenvalue weighted by Gasteiger charge is 2.18. The van der Waals surface area contributed by atoms with E-state index in [1.54, 1.807) is 25.1 Å². The molecule has 0 aliphatic carbocycles. The van der Waals surface area contributed by atoms with Crippen molar-refractivity contribution in [3.05, 3.63) is 41.0 Å². The van der Waals surface area contributed by atoms with Gasteiger partial charge in [0.05, 0.1) is 0 Å². The van der Waals surface area contributed by atoms with Crippen molar-refractivity contribution in [3.63, 3.8) is 0 Å². The van der Waals surface area contributed by atoms with Gasteiger partial charge < -0.3 is 10.8 Å². The number of amides is 1. The fraction of sp³-hybridized carbons (Fsp3) is 0.167. The number of rotatable bonds is 3. The molecule has 0 atom stereocenters. The second-order valence-electron chi connectivity index (χ2n) is 3.54. The number of hydrogen-bond acceptors (Lipinski definition) is 2. The van der Waals surface area contributed by atoms with Gasteiger partial charge in [-0.3, -0.25) is 4.79 Å². The maximum atomic E-state index is 11.0. The van der Waals surface area contributed by atoms with Gasteiger partial charge in [-0.1, -0.05) is 29.8 Å². The molecule has 4 nitrogen and oxygen atoms in total. The van der Waals surface area contributed by atoms with Crippen molar-refractivity contribution in [2.24, 2.45) is 5.73 Å². The van der Waals surface area contributed by atoms with Crippen molar-refractivity contribution in [2.75, 3.05) is 0 Å². The standard InChI is InChI=1S/C12H13NO3/c1-7-4-3-5-9(6-7)8(2)10(11(13)14)12(15)16/h3-6H,1-2H3,(H2,13,14)(H,15,16). The fourth-order valence-electron chi connectivity index (χ4n) is 1.47. The molecule has 1 amide bonds. The second kappa shape index (κ2) is 4.61. The van der Waals surface area contributed by atoms with Gasteiger partial charge in [0.2, 0.25) is 0 Å². The Labute approximate surface area is 93.4 Å². The zero-order valence-electron chi connectivity index (χ0n) is 9.15. The van der Waals surface area contributed by atoms with Crippen LogP contribution in [-0.2, 0) is 9.59 Å². The molecule has 0 bridgehead atoms. The highest BCUT2D eigenvalue weighted by molar-refractivity contribution is 6.20. The summed E-state index contributed by atoms with van der Waals surface area (Å²) in [7, 11) is 0. The van der Waals surface area contributed by atoms with Gasteiger partial charge >= 0.3 is 5.97 Å². The van der Waals surface area contributed by atoms with Crippen LogP contribution < -0.4 is 5.73 Å². The number of nitrogens with two attached hydrogens (primary N) is 1. The molecule has 0 saturated heterocycles. The molecule has 3 N–H and O–H groups in total. The Bertz CT molecular complexity index is 459. The molecule has 1 aromatic rings. The van der Waals surface area contributed by atoms with Crippen molar-refractivity contribution in [1.29, 1.82) is 0 Å². The van der Waals surface area contributed by atoms with Crippen LogP contribution in [-0.4, -0.2) is 17.0 Å². The number of aryl methyl sites for hydroxylation is 1. The van der Waals surface area contributed by atoms with E-state index in [-0.39, 0.29) is 5.57 Å². The summed E-state index contributed by atoms with van der Waals surface area (Å²) in [6.45, 7) is 3.46. The van der Waals surface area contributed by atoms with Gasteiger partial charge in [0.25, 0.3) is 5.91 Å². The van der Waals surface area contributed by atoms with Crippen molar-refractivity contribution in [3.8, 4) is 0 Å². The van der Waals surface area contributed by atoms with Crippen molar-refractivity contribution in [2.45, 2.75) is 13.8 Å². The molecule has 0 fully saturated rings. The molecule has 16 heavy (non-hydrogen) atoms. The monoisotopic (exact) mass is 219 g/mol. The number of carboxylic acids is 1. The molecule has 0 aliphatic heterocycles. The van der Waals surface area contributed by atoms with Crippen LogP contribution in [0.4, 0.5) is 0 Å². The predicted molar refractivity (Wildman–Crippen MR) is 60.6 cm³/mol. The third-order valence-corrected chi connectivity index (χ3v) is 2.29. The van der Waals surface area contributed by atoms with Crippen LogP contribution in [0.5, 0.6) is 0 Å². The minimum Gasteiger partial charge on any atom is -0.477 e. The minimum absolute atomic E-state index is 0.370. The Balaban J connectivity index is 3.35. The summed E-state index contributed by atoms with van der Waals surface area (Å²) in [5, 5.41) is 8.89. The molecular weight excluding hydrogens is 206 g/mol. The number of carbonyl (C=O) groups excluding carboxylic acids is 1. The number of hydrogen-bond donors (Lipinski definition) is 2. The second-order valence-corrected chi connectivity index (χ2v) is 3.54. The van der Waals surface area contributed by atoms with Crippen LogP contribution in [0.2, 0.25) is 0 Å². The first-order valence-electron chi connectivity index (χ1n) is 4.74. The van der Waals surface area contributed by atoms with Crippen LogP contribution in [0.1, 0.15) is 18.1 Å². The zero-order valence-corrected chi connectivity index (χ0v) is 9.15. The molecule has 4 heteroatoms. The van der Waals surface area contributed by atoms with Crippen LogP contribution in [0.25, 0.3) is 5.57 Å². The maximum Gasteiger partial charge on any atom is 0.341 e. The van der Waals surface area contributed by atoms with Crippen molar-refractivity contribution >= 4 is 17.4 Å². The highest BCUT2D eigenvalue weighted by atomic mass is 16.4. The van der Waals surface area contributed by atoms with Crippen molar-refractivity contribution < 1.29 is 14.7 Å². The number of benzene rings is 1. The molecule has 0 heterocycles. The first-order valence-corrected chi connectivity index (χ1v) is 4.74. The number of carbonyl (C=O) groups is 2. The van der Waals surface area contributed by atoms with E-state index in [1.165, 1.54) is 0 Å². The lowest BCUT2D eigenvalue weighted by Crippen LogP contribution is -2.21. The molecule has 0 aromatic heterocycles. The third kappa shape index (κ3) is 2.48. The minimum atomic E-state index is -1.30. The Morgan fingerprint density at radius 2 is 1.94 bits per heavy atom. The zero-order chi connectivity index (χ0) is 12.3. The normalized spacial score (nSPS) is 11.9. The van der Waals surface area contributed by atoms with Gasteiger partial charge in [-0.25, -0.2) is 4.79 Å². The first kappa shape index (κ1) is 12.0. The smallest absolute Gasteiger partial charge is 0.341 e. The Morgan fingerprint density at radius 1 is 1.31 bits per heavy atom. The summed E-state index contributed by atoms with van der Waals surface area (Å²) in [4.78, 5) is 21.9. The summed E-state index contributed by atoms with van der Waals surface area (Å²) in [5.41, 5.74) is 6.73. The number of aliphatic carboxylic acids is 1. The Hall–Kier alpha value is -2.10. The van der Waals surface area contributed by atoms with Gasteiger partial charge in [0.1, 0.15) is 5.57 Å². The van der Waals surface area contributed by atoms with Gasteiger partial charge in [0, 0.05) is 0 Å². The molecule has 0 spiro atoms. The van der Waals surface area contributed by atoms with E-state index >= 15 is 0 Å². The summed E-state index contributed by atoms with van der Waals surface area (Å²) in [5.74, 6) is -2.22. The molecule has 1 rings (SSSR count). The van der Waals surface area contributed by atoms with Gasteiger partial charge in [-0.2, -0.15) is 0 Å². The van der Waals surface area contributed by atoms with E-state index in [0.717, 1.165) is 5.56 Å². The van der Waals surface area contributed by atoms with Gasteiger partial charge in [-0.05, 0) is 25.0 Å². The molecule has 0 aliphatic rings. The fourth-order valence-corrected chi connectivity index (χ4v) is 1.47. The van der Waals surface area contributed by atoms with Gasteiger partial charge in [0.15, 0.2) is 0 Å². The van der Waals surface area contributed by atoms with E-state index in [1.807, 2.05) is 13.0 Å². The van der Waals surface area contributed by atoms with Crippen LogP contribution in [0, 0.1) is 6.92 Å². The molecule has 0 radical (unpaired) electrons. The van der Waals surface area contributed by atoms with E-state index in [0.29, 0.717) is 11.1 Å². The number of allylic oxidation sites excluding steroid dienone is 1. The topological polar surface area (TPSA) is 80.4 Å². The largest absolute Gasteiger partial charge is 0.477 e. The summed E-state index contributed by atoms with van der Waals surface area (Å²) in [6.07, 6.45) is 0. The average Bonchev–Trinajstić information content (AvgIpc) is 2.16. The van der Waals surface area contributed by atoms with Crippen LogP contribution in [0.3, 0.4) is 0 Å². The van der Waals surface area contributed by atoms with E-state index in [4.69, 9.17) is 10.8 Å². The molecule has 0 unspecified atom stereocenters. The average molecular weight is 219 g/mol. The lowest BCUT2D eigenvalue weighted by Gasteiger charge is -2.06. The van der Waals surface area contributed by atoms with Crippen LogP contribution >= 0.6 is 0 Å². The lowest BCUT2D eigenvalue weighted by atomic mass is 9.99. The molecule has 1 aromatic carbocycles. The summed E-state index contributed by atoms with van der Waals surface area (Å²) in [6, 6.07) is 7.24. The first-order chi connectivity index (χ1) is 7.43. The lowest BCUT2D eigenvalue weighted by molar-refractivity contribution is -0.134. The predicted octanol–water partition coefficient (Wildman–Crippen LogP) is 1.34. The quantitative estimate of drug-likeness (QED) is 0.457. The van der Waals surface area contributed by atoms with Crippen molar-refractivity contribution in [1.82, 2.24) is 0 Å². The van der Waals surface area contributed by atoms with Crippen LogP contribution in [0.15, 0.2) is 29.8 Å². The Kier molecular flexibility index (Phi) is 3.45. The van der Waals surface area contributed by atoms with E-state index in [9.17, 15) is 9.59 Å². The SMILES string of the molecule is CC(=C(C(N)=O)C(=O)O)c1cccc(C)c1. The maximum absolute atomic E-state index is 11.0. The molecule has 84 valence electrons. The third-order valence-electron chi connectivity index (χ3n) is 2.29.